The Morgan fingerprint density at radius 1 is 1.16 bits per heavy atom. The van der Waals surface area contributed by atoms with Gasteiger partial charge >= 0.3 is 6.01 Å². The molecule has 2 bridgehead atoms. The van der Waals surface area contributed by atoms with Gasteiger partial charge in [-0.25, -0.2) is 13.2 Å². The molecule has 1 aromatic carbocycles. The number of nitrogens with zero attached hydrogens (tertiary/aromatic N) is 6. The number of nitriles is 1. The molecule has 8 rings (SSSR count). The zero-order valence-electron chi connectivity index (χ0n) is 24.7. The number of fused-ring (bicyclic) bond motifs is 6. The topological polar surface area (TPSA) is 125 Å². The summed E-state index contributed by atoms with van der Waals surface area (Å²) in [4.78, 5) is 18.0. The van der Waals surface area contributed by atoms with Gasteiger partial charge in [-0.1, -0.05) is 0 Å². The molecular formula is C31H31F3N8O2S. The van der Waals surface area contributed by atoms with Gasteiger partial charge in [0.25, 0.3) is 0 Å². The number of thiophene rings is 1. The molecule has 3 N–H and O–H groups in total. The van der Waals surface area contributed by atoms with E-state index in [1.165, 1.54) is 0 Å². The number of halogens is 3. The van der Waals surface area contributed by atoms with Crippen LogP contribution < -0.4 is 20.7 Å². The Morgan fingerprint density at radius 2 is 1.91 bits per heavy atom. The minimum absolute atomic E-state index is 0.0111. The number of likely N-dealkylation sites (N-methyl/N-ethyl adjacent to an activating group) is 1. The van der Waals surface area contributed by atoms with Crippen molar-refractivity contribution in [2.24, 2.45) is 0 Å². The summed E-state index contributed by atoms with van der Waals surface area (Å²) in [5.41, 5.74) is 7.61. The molecule has 14 heteroatoms. The average Bonchev–Trinajstić information content (AvgIpc) is 3.77. The van der Waals surface area contributed by atoms with E-state index in [9.17, 15) is 14.0 Å². The van der Waals surface area contributed by atoms with Gasteiger partial charge in [-0.05, 0) is 44.4 Å². The van der Waals surface area contributed by atoms with E-state index in [0.717, 1.165) is 43.5 Å². The van der Waals surface area contributed by atoms with Crippen molar-refractivity contribution in [1.29, 1.82) is 5.26 Å². The van der Waals surface area contributed by atoms with Crippen LogP contribution in [0.4, 0.5) is 24.0 Å². The standard InChI is InChI=1S/C31H31F3N8O2S/c1-13(27-19(32)5-6-41(27)2)44-31-39-26-23(30(40-31)42-14-3-4-15(42)9-37-8-14)18-12-43-11-17(18)21(24(26)34)25-22-16(7-35)29(36)45-28(22)20(33)10-38-25/h10,13-15,19,27,37H,3-6,8-9,11-12,36H2,1-2H3/t13?,14?,15?,19-,27+/m0/s1. The van der Waals surface area contributed by atoms with Crippen LogP contribution in [-0.2, 0) is 18.0 Å². The van der Waals surface area contributed by atoms with Crippen LogP contribution >= 0.6 is 11.3 Å². The number of nitrogens with two attached hydrogens (primary N) is 1. The van der Waals surface area contributed by atoms with E-state index in [-0.39, 0.29) is 68.7 Å². The lowest BCUT2D eigenvalue weighted by Crippen LogP contribution is -2.52. The summed E-state index contributed by atoms with van der Waals surface area (Å²) < 4.78 is 59.3. The van der Waals surface area contributed by atoms with Crippen molar-refractivity contribution >= 4 is 43.1 Å². The first-order valence-corrected chi connectivity index (χ1v) is 16.0. The van der Waals surface area contributed by atoms with E-state index in [2.05, 4.69) is 20.2 Å². The number of hydrogen-bond acceptors (Lipinski definition) is 11. The summed E-state index contributed by atoms with van der Waals surface area (Å²) >= 11 is 0.925. The van der Waals surface area contributed by atoms with Crippen molar-refractivity contribution in [3.63, 3.8) is 0 Å². The van der Waals surface area contributed by atoms with E-state index in [1.54, 1.807) is 6.92 Å². The number of pyridine rings is 1. The van der Waals surface area contributed by atoms with Gasteiger partial charge in [0, 0.05) is 42.7 Å². The third-order valence-corrected chi connectivity index (χ3v) is 10.9. The highest BCUT2D eigenvalue weighted by Gasteiger charge is 2.42. The molecule has 3 saturated heterocycles. The van der Waals surface area contributed by atoms with Crippen molar-refractivity contribution in [2.45, 2.75) is 69.8 Å². The number of nitrogens with one attached hydrogen (secondary N) is 1. The molecule has 45 heavy (non-hydrogen) atoms. The lowest BCUT2D eigenvalue weighted by molar-refractivity contribution is 0.0776. The Balaban J connectivity index is 1.39. The number of hydrogen-bond donors (Lipinski definition) is 2. The number of benzene rings is 1. The highest BCUT2D eigenvalue weighted by Crippen LogP contribution is 2.48. The molecule has 0 aliphatic carbocycles. The van der Waals surface area contributed by atoms with E-state index in [0.29, 0.717) is 35.3 Å². The molecule has 7 heterocycles. The minimum Gasteiger partial charge on any atom is -0.459 e. The summed E-state index contributed by atoms with van der Waals surface area (Å²) in [6, 6.07) is 1.80. The van der Waals surface area contributed by atoms with Gasteiger partial charge in [0.15, 0.2) is 11.6 Å². The molecule has 234 valence electrons. The maximum absolute atomic E-state index is 17.2. The first kappa shape index (κ1) is 28.7. The number of aromatic nitrogens is 3. The van der Waals surface area contributed by atoms with Crippen LogP contribution in [0, 0.1) is 23.0 Å². The third kappa shape index (κ3) is 4.28. The van der Waals surface area contributed by atoms with Gasteiger partial charge < -0.3 is 25.4 Å². The van der Waals surface area contributed by atoms with Crippen molar-refractivity contribution in [2.75, 3.05) is 37.3 Å². The Morgan fingerprint density at radius 3 is 2.62 bits per heavy atom. The van der Waals surface area contributed by atoms with Crippen LogP contribution in [0.3, 0.4) is 0 Å². The van der Waals surface area contributed by atoms with Gasteiger partial charge in [0.1, 0.15) is 34.7 Å². The zero-order chi connectivity index (χ0) is 31.1. The fraction of sp³-hybridized carbons (Fsp3) is 0.484. The number of rotatable bonds is 5. The fourth-order valence-electron chi connectivity index (χ4n) is 7.80. The molecule has 0 radical (unpaired) electrons. The van der Waals surface area contributed by atoms with Gasteiger partial charge in [0.05, 0.1) is 46.8 Å². The number of ether oxygens (including phenoxy) is 2. The molecule has 4 aliphatic heterocycles. The molecule has 3 unspecified atom stereocenters. The predicted molar refractivity (Wildman–Crippen MR) is 164 cm³/mol. The second-order valence-electron chi connectivity index (χ2n) is 12.4. The first-order chi connectivity index (χ1) is 21.8. The Bertz CT molecular complexity index is 1890. The fourth-order valence-corrected chi connectivity index (χ4v) is 8.72. The quantitative estimate of drug-likeness (QED) is 0.325. The van der Waals surface area contributed by atoms with E-state index < -0.39 is 30.0 Å². The molecule has 3 aromatic heterocycles. The molecule has 3 fully saturated rings. The maximum Gasteiger partial charge on any atom is 0.319 e. The number of likely N-dealkylation sites (tertiary alicyclic amines) is 1. The highest BCUT2D eigenvalue weighted by atomic mass is 32.1. The monoisotopic (exact) mass is 636 g/mol. The second-order valence-corrected chi connectivity index (χ2v) is 13.4. The van der Waals surface area contributed by atoms with Crippen LogP contribution in [0.15, 0.2) is 6.20 Å². The summed E-state index contributed by atoms with van der Waals surface area (Å²) in [6.45, 7) is 4.19. The van der Waals surface area contributed by atoms with Crippen LogP contribution in [0.1, 0.15) is 42.9 Å². The smallest absolute Gasteiger partial charge is 0.319 e. The van der Waals surface area contributed by atoms with Crippen LogP contribution in [0.25, 0.3) is 32.2 Å². The van der Waals surface area contributed by atoms with Gasteiger partial charge in [-0.15, -0.1) is 11.3 Å². The molecule has 0 amide bonds. The van der Waals surface area contributed by atoms with Crippen molar-refractivity contribution in [3.8, 4) is 23.3 Å². The average molecular weight is 637 g/mol. The predicted octanol–water partition coefficient (Wildman–Crippen LogP) is 4.42. The van der Waals surface area contributed by atoms with Crippen molar-refractivity contribution < 1.29 is 22.6 Å². The van der Waals surface area contributed by atoms with Gasteiger partial charge in [-0.3, -0.25) is 9.88 Å². The summed E-state index contributed by atoms with van der Waals surface area (Å²) in [7, 11) is 1.85. The molecule has 4 aromatic rings. The van der Waals surface area contributed by atoms with Crippen LogP contribution in [-0.4, -0.2) is 76.9 Å². The van der Waals surface area contributed by atoms with Crippen LogP contribution in [0.2, 0.25) is 0 Å². The molecule has 5 atom stereocenters. The number of anilines is 2. The lowest BCUT2D eigenvalue weighted by atomic mass is 9.93. The molecular weight excluding hydrogens is 605 g/mol. The van der Waals surface area contributed by atoms with Crippen molar-refractivity contribution in [3.05, 3.63) is 34.5 Å². The highest BCUT2D eigenvalue weighted by molar-refractivity contribution is 7.23. The second kappa shape index (κ2) is 10.7. The van der Waals surface area contributed by atoms with Gasteiger partial charge in [0.2, 0.25) is 0 Å². The summed E-state index contributed by atoms with van der Waals surface area (Å²) in [5, 5.41) is 14.2. The van der Waals surface area contributed by atoms with Gasteiger partial charge in [-0.2, -0.15) is 15.2 Å². The molecule has 4 aliphatic rings. The SMILES string of the molecule is CC(Oc1nc(N2C3CCC2CNC3)c2c3c(c(-c4ncc(F)c5sc(N)c(C#N)c45)c(F)c2n1)COC3)[C@@H]1[C@@H](F)CCN1C. The lowest BCUT2D eigenvalue weighted by Gasteiger charge is -2.37. The largest absolute Gasteiger partial charge is 0.459 e. The van der Waals surface area contributed by atoms with E-state index in [1.807, 2.05) is 18.0 Å². The number of piperazine rings is 1. The Kier molecular flexibility index (Phi) is 6.79. The summed E-state index contributed by atoms with van der Waals surface area (Å²) in [6.07, 6.45) is 1.66. The molecule has 0 spiro atoms. The number of alkyl halides is 1. The van der Waals surface area contributed by atoms with E-state index >= 15 is 4.39 Å². The Labute approximate surface area is 260 Å². The molecule has 0 saturated carbocycles. The first-order valence-electron chi connectivity index (χ1n) is 15.2. The number of nitrogen functional groups attached to an aromatic ring is 1. The van der Waals surface area contributed by atoms with E-state index in [4.69, 9.17) is 20.2 Å². The third-order valence-electron chi connectivity index (χ3n) is 9.84. The molecule has 10 nitrogen and oxygen atoms in total. The van der Waals surface area contributed by atoms with Crippen molar-refractivity contribution in [1.82, 2.24) is 25.2 Å². The minimum atomic E-state index is -1.07. The maximum atomic E-state index is 17.2. The zero-order valence-corrected chi connectivity index (χ0v) is 25.6. The Hall–Kier alpha value is -3.77. The summed E-state index contributed by atoms with van der Waals surface area (Å²) in [5.74, 6) is -0.782. The normalized spacial score (nSPS) is 25.3. The van der Waals surface area contributed by atoms with Crippen LogP contribution in [0.5, 0.6) is 6.01 Å².